The number of hydrogen-bond donors (Lipinski definition) is 2. The molecular weight excluding hydrogens is 396 g/mol. The Hall–Kier alpha value is -2.74. The van der Waals surface area contributed by atoms with Crippen molar-refractivity contribution in [3.63, 3.8) is 0 Å². The molecule has 1 aromatic heterocycles. The second-order valence-corrected chi connectivity index (χ2v) is 7.55. The van der Waals surface area contributed by atoms with E-state index in [1.807, 2.05) is 6.92 Å². The lowest BCUT2D eigenvalue weighted by atomic mass is 10.1. The minimum absolute atomic E-state index is 0.0373. The number of halogens is 1. The maximum atomic E-state index is 13.3. The fourth-order valence-corrected chi connectivity index (χ4v) is 3.07. The van der Waals surface area contributed by atoms with Gasteiger partial charge in [-0.3, -0.25) is 19.1 Å². The molecule has 0 aliphatic carbocycles. The molecule has 0 unspecified atom stereocenters. The molecule has 3 N–H and O–H groups in total. The molecule has 0 fully saturated rings. The number of H-pyrrole nitrogens is 1. The van der Waals surface area contributed by atoms with Crippen LogP contribution in [0.3, 0.4) is 0 Å². The zero-order valence-electron chi connectivity index (χ0n) is 17.1. The van der Waals surface area contributed by atoms with Crippen LogP contribution >= 0.6 is 11.6 Å². The van der Waals surface area contributed by atoms with E-state index in [0.717, 1.165) is 6.42 Å². The molecule has 0 spiro atoms. The number of carbonyl (C=O) groups excluding carboxylic acids is 1. The standard InChI is InChI=1S/C20H27ClN4O4/c1-5-7-12-25-16(22)15(17(26)23-19(25)28)24(6-2)18(27)20(3,4)29-14-10-8-13(21)9-11-14/h8-11H,5-7,12,22H2,1-4H3,(H,23,26,28). The number of amides is 1. The first-order valence-corrected chi connectivity index (χ1v) is 9.89. The minimum Gasteiger partial charge on any atom is -0.478 e. The van der Waals surface area contributed by atoms with E-state index in [1.54, 1.807) is 45.0 Å². The van der Waals surface area contributed by atoms with E-state index in [1.165, 1.54) is 9.47 Å². The predicted octanol–water partition coefficient (Wildman–Crippen LogP) is 2.78. The molecule has 0 bridgehead atoms. The Labute approximate surface area is 174 Å². The highest BCUT2D eigenvalue weighted by Crippen LogP contribution is 2.25. The summed E-state index contributed by atoms with van der Waals surface area (Å²) in [6.45, 7) is 7.42. The van der Waals surface area contributed by atoms with Crippen LogP contribution in [0.2, 0.25) is 5.02 Å². The molecular formula is C20H27ClN4O4. The lowest BCUT2D eigenvalue weighted by Crippen LogP contribution is -2.51. The first-order chi connectivity index (χ1) is 13.6. The van der Waals surface area contributed by atoms with Crippen LogP contribution in [0.5, 0.6) is 5.75 Å². The smallest absolute Gasteiger partial charge is 0.330 e. The Morgan fingerprint density at radius 3 is 2.41 bits per heavy atom. The number of aromatic nitrogens is 2. The molecule has 0 aliphatic heterocycles. The van der Waals surface area contributed by atoms with Gasteiger partial charge in [-0.25, -0.2) is 4.79 Å². The van der Waals surface area contributed by atoms with E-state index in [9.17, 15) is 14.4 Å². The van der Waals surface area contributed by atoms with Crippen molar-refractivity contribution in [1.29, 1.82) is 0 Å². The van der Waals surface area contributed by atoms with Gasteiger partial charge in [0.2, 0.25) is 0 Å². The fourth-order valence-electron chi connectivity index (χ4n) is 2.95. The lowest BCUT2D eigenvalue weighted by molar-refractivity contribution is -0.131. The van der Waals surface area contributed by atoms with Gasteiger partial charge in [-0.1, -0.05) is 24.9 Å². The molecule has 0 atom stereocenters. The van der Waals surface area contributed by atoms with Crippen LogP contribution in [-0.2, 0) is 11.3 Å². The monoisotopic (exact) mass is 422 g/mol. The molecule has 2 rings (SSSR count). The summed E-state index contributed by atoms with van der Waals surface area (Å²) in [5.74, 6) is -0.0452. The van der Waals surface area contributed by atoms with E-state index >= 15 is 0 Å². The first kappa shape index (κ1) is 22.5. The van der Waals surface area contributed by atoms with Gasteiger partial charge < -0.3 is 15.4 Å². The minimum atomic E-state index is -1.30. The highest BCUT2D eigenvalue weighted by atomic mass is 35.5. The number of unbranched alkanes of at least 4 members (excludes halogenated alkanes) is 1. The van der Waals surface area contributed by atoms with Crippen LogP contribution in [-0.4, -0.2) is 27.6 Å². The number of nitrogen functional groups attached to an aromatic ring is 1. The molecule has 1 aromatic carbocycles. The second kappa shape index (κ2) is 9.17. The summed E-state index contributed by atoms with van der Waals surface area (Å²) < 4.78 is 7.13. The number of ether oxygens (including phenoxy) is 1. The molecule has 0 saturated carbocycles. The highest BCUT2D eigenvalue weighted by molar-refractivity contribution is 6.30. The Balaban J connectivity index is 2.43. The third kappa shape index (κ3) is 5.00. The molecule has 1 amide bonds. The number of nitrogens with zero attached hydrogens (tertiary/aromatic N) is 2. The van der Waals surface area contributed by atoms with Crippen molar-refractivity contribution in [3.8, 4) is 5.75 Å². The largest absolute Gasteiger partial charge is 0.478 e. The first-order valence-electron chi connectivity index (χ1n) is 9.51. The van der Waals surface area contributed by atoms with Crippen LogP contribution in [0.4, 0.5) is 11.5 Å². The SMILES string of the molecule is CCCCn1c(N)c(N(CC)C(=O)C(C)(C)Oc2ccc(Cl)cc2)c(=O)[nH]c1=O. The van der Waals surface area contributed by atoms with Gasteiger partial charge in [0, 0.05) is 18.1 Å². The van der Waals surface area contributed by atoms with E-state index in [0.29, 0.717) is 23.7 Å². The third-order valence-electron chi connectivity index (χ3n) is 4.48. The van der Waals surface area contributed by atoms with Crippen LogP contribution in [0.25, 0.3) is 0 Å². The number of anilines is 2. The van der Waals surface area contributed by atoms with Crippen molar-refractivity contribution in [2.45, 2.75) is 52.7 Å². The number of benzene rings is 1. The topological polar surface area (TPSA) is 110 Å². The van der Waals surface area contributed by atoms with Gasteiger partial charge in [0.1, 0.15) is 11.6 Å². The Kier molecular flexibility index (Phi) is 7.13. The van der Waals surface area contributed by atoms with Gasteiger partial charge in [-0.15, -0.1) is 0 Å². The van der Waals surface area contributed by atoms with Crippen molar-refractivity contribution < 1.29 is 9.53 Å². The quantitative estimate of drug-likeness (QED) is 0.679. The van der Waals surface area contributed by atoms with Gasteiger partial charge in [-0.05, 0) is 51.5 Å². The molecule has 0 aliphatic rings. The molecule has 1 heterocycles. The predicted molar refractivity (Wildman–Crippen MR) is 115 cm³/mol. The third-order valence-corrected chi connectivity index (χ3v) is 4.73. The summed E-state index contributed by atoms with van der Waals surface area (Å²) >= 11 is 5.89. The number of aromatic amines is 1. The van der Waals surface area contributed by atoms with Gasteiger partial charge in [0.25, 0.3) is 11.5 Å². The fraction of sp³-hybridized carbons (Fsp3) is 0.450. The molecule has 8 nitrogen and oxygen atoms in total. The molecule has 158 valence electrons. The van der Waals surface area contributed by atoms with Crippen LogP contribution in [0, 0.1) is 0 Å². The summed E-state index contributed by atoms with van der Waals surface area (Å²) in [5.41, 5.74) is 3.49. The summed E-state index contributed by atoms with van der Waals surface area (Å²) in [7, 11) is 0. The second-order valence-electron chi connectivity index (χ2n) is 7.11. The summed E-state index contributed by atoms with van der Waals surface area (Å²) in [6, 6.07) is 6.61. The number of rotatable bonds is 8. The molecule has 2 aromatic rings. The zero-order chi connectivity index (χ0) is 21.8. The maximum Gasteiger partial charge on any atom is 0.330 e. The normalized spacial score (nSPS) is 11.3. The van der Waals surface area contributed by atoms with Crippen LogP contribution < -0.4 is 26.6 Å². The number of nitrogens with one attached hydrogen (secondary N) is 1. The number of carbonyl (C=O) groups is 1. The maximum absolute atomic E-state index is 13.3. The number of nitrogens with two attached hydrogens (primary N) is 1. The van der Waals surface area contributed by atoms with Crippen molar-refractivity contribution in [1.82, 2.24) is 9.55 Å². The van der Waals surface area contributed by atoms with E-state index < -0.39 is 22.8 Å². The van der Waals surface area contributed by atoms with E-state index in [2.05, 4.69) is 4.98 Å². The summed E-state index contributed by atoms with van der Waals surface area (Å²) in [5, 5.41) is 0.547. The molecule has 0 saturated heterocycles. The van der Waals surface area contributed by atoms with Gasteiger partial charge in [-0.2, -0.15) is 0 Å². The number of likely N-dealkylation sites (N-methyl/N-ethyl adjacent to an activating group) is 1. The zero-order valence-corrected chi connectivity index (χ0v) is 17.9. The van der Waals surface area contributed by atoms with Gasteiger partial charge in [0.15, 0.2) is 11.3 Å². The van der Waals surface area contributed by atoms with Crippen molar-refractivity contribution in [3.05, 3.63) is 50.1 Å². The Morgan fingerprint density at radius 2 is 1.86 bits per heavy atom. The average Bonchev–Trinajstić information content (AvgIpc) is 2.66. The van der Waals surface area contributed by atoms with Gasteiger partial charge in [0.05, 0.1) is 0 Å². The van der Waals surface area contributed by atoms with Crippen molar-refractivity contribution in [2.24, 2.45) is 0 Å². The van der Waals surface area contributed by atoms with Gasteiger partial charge >= 0.3 is 5.69 Å². The molecule has 0 radical (unpaired) electrons. The van der Waals surface area contributed by atoms with E-state index in [4.69, 9.17) is 22.1 Å². The molecule has 29 heavy (non-hydrogen) atoms. The average molecular weight is 423 g/mol. The Bertz CT molecular complexity index is 979. The van der Waals surface area contributed by atoms with Crippen molar-refractivity contribution >= 4 is 29.0 Å². The summed E-state index contributed by atoms with van der Waals surface area (Å²) in [4.78, 5) is 41.4. The van der Waals surface area contributed by atoms with Crippen LogP contribution in [0.1, 0.15) is 40.5 Å². The van der Waals surface area contributed by atoms with Crippen molar-refractivity contribution in [2.75, 3.05) is 17.2 Å². The Morgan fingerprint density at radius 1 is 1.24 bits per heavy atom. The summed E-state index contributed by atoms with van der Waals surface area (Å²) in [6.07, 6.45) is 1.56. The van der Waals surface area contributed by atoms with E-state index in [-0.39, 0.29) is 18.1 Å². The molecule has 9 heteroatoms. The highest BCUT2D eigenvalue weighted by Gasteiger charge is 2.36. The lowest BCUT2D eigenvalue weighted by Gasteiger charge is -2.32. The van der Waals surface area contributed by atoms with Crippen LogP contribution in [0.15, 0.2) is 33.9 Å². The number of hydrogen-bond acceptors (Lipinski definition) is 5.